The molecule has 0 saturated carbocycles. The van der Waals surface area contributed by atoms with Crippen LogP contribution in [0.2, 0.25) is 0 Å². The number of hydrogen-bond acceptors (Lipinski definition) is 7. The van der Waals surface area contributed by atoms with E-state index in [0.717, 1.165) is 29.3 Å². The Morgan fingerprint density at radius 2 is 1.92 bits per heavy atom. The molecule has 2 aromatic carbocycles. The number of aromatic amines is 1. The fraction of sp³-hybridized carbons (Fsp3) is 0.385. The summed E-state index contributed by atoms with van der Waals surface area (Å²) in [5.74, 6) is 1.12. The maximum absolute atomic E-state index is 13.6. The van der Waals surface area contributed by atoms with E-state index in [1.165, 1.54) is 12.1 Å². The van der Waals surface area contributed by atoms with Crippen molar-refractivity contribution in [1.82, 2.24) is 30.1 Å². The fourth-order valence-corrected chi connectivity index (χ4v) is 4.33. The highest BCUT2D eigenvalue weighted by atomic mass is 19.1. The first-order chi connectivity index (χ1) is 17.5. The SMILES string of the molecule is CCC[C@@H](c1nnnn1CCOC)N(Cc1ccc(F)cc1)Cc1cc2cc(OC)ccc2[nH]c1=O. The average molecular weight is 495 g/mol. The number of aromatic nitrogens is 5. The minimum atomic E-state index is -0.293. The number of benzene rings is 2. The van der Waals surface area contributed by atoms with Gasteiger partial charge in [0.05, 0.1) is 26.3 Å². The van der Waals surface area contributed by atoms with E-state index in [1.54, 1.807) is 31.0 Å². The Morgan fingerprint density at radius 1 is 1.11 bits per heavy atom. The maximum Gasteiger partial charge on any atom is 0.252 e. The highest BCUT2D eigenvalue weighted by Gasteiger charge is 2.27. The van der Waals surface area contributed by atoms with Gasteiger partial charge in [-0.25, -0.2) is 9.07 Å². The summed E-state index contributed by atoms with van der Waals surface area (Å²) in [6.45, 7) is 3.92. The van der Waals surface area contributed by atoms with Crippen LogP contribution >= 0.6 is 0 Å². The molecular formula is C26H31FN6O3. The molecule has 2 aromatic heterocycles. The average Bonchev–Trinajstić information content (AvgIpc) is 3.35. The lowest BCUT2D eigenvalue weighted by atomic mass is 10.1. The first-order valence-electron chi connectivity index (χ1n) is 12.0. The van der Waals surface area contributed by atoms with E-state index >= 15 is 0 Å². The molecule has 0 aliphatic carbocycles. The molecule has 0 saturated heterocycles. The lowest BCUT2D eigenvalue weighted by Crippen LogP contribution is -2.33. The van der Waals surface area contributed by atoms with Crippen molar-refractivity contribution in [1.29, 1.82) is 0 Å². The Balaban J connectivity index is 1.75. The topological polar surface area (TPSA) is 98.2 Å². The van der Waals surface area contributed by atoms with Gasteiger partial charge in [-0.15, -0.1) is 5.10 Å². The van der Waals surface area contributed by atoms with Crippen molar-refractivity contribution in [2.75, 3.05) is 20.8 Å². The lowest BCUT2D eigenvalue weighted by molar-refractivity contribution is 0.147. The summed E-state index contributed by atoms with van der Waals surface area (Å²) in [6, 6.07) is 13.7. The third kappa shape index (κ3) is 5.95. The first-order valence-corrected chi connectivity index (χ1v) is 12.0. The highest BCUT2D eigenvalue weighted by Crippen LogP contribution is 2.28. The second-order valence-electron chi connectivity index (χ2n) is 8.67. The minimum Gasteiger partial charge on any atom is -0.497 e. The monoisotopic (exact) mass is 494 g/mol. The van der Waals surface area contributed by atoms with E-state index in [9.17, 15) is 9.18 Å². The molecule has 36 heavy (non-hydrogen) atoms. The predicted octanol–water partition coefficient (Wildman–Crippen LogP) is 3.85. The van der Waals surface area contributed by atoms with Crippen LogP contribution in [0.15, 0.2) is 53.3 Å². The van der Waals surface area contributed by atoms with E-state index in [-0.39, 0.29) is 17.4 Å². The van der Waals surface area contributed by atoms with E-state index in [4.69, 9.17) is 9.47 Å². The molecule has 0 aliphatic rings. The Labute approximate surface area is 208 Å². The lowest BCUT2D eigenvalue weighted by Gasteiger charge is -2.31. The summed E-state index contributed by atoms with van der Waals surface area (Å²) in [5, 5.41) is 13.3. The minimum absolute atomic E-state index is 0.161. The number of nitrogens with one attached hydrogen (secondary N) is 1. The summed E-state index contributed by atoms with van der Waals surface area (Å²) in [7, 11) is 3.25. The number of fused-ring (bicyclic) bond motifs is 1. The van der Waals surface area contributed by atoms with Crippen molar-refractivity contribution in [3.8, 4) is 5.75 Å². The van der Waals surface area contributed by atoms with Gasteiger partial charge in [0.15, 0.2) is 5.82 Å². The van der Waals surface area contributed by atoms with Crippen LogP contribution in [-0.4, -0.2) is 50.9 Å². The third-order valence-electron chi connectivity index (χ3n) is 6.17. The largest absolute Gasteiger partial charge is 0.497 e. The van der Waals surface area contributed by atoms with E-state index in [2.05, 4.69) is 32.3 Å². The number of hydrogen-bond donors (Lipinski definition) is 1. The predicted molar refractivity (Wildman–Crippen MR) is 134 cm³/mol. The summed E-state index contributed by atoms with van der Waals surface area (Å²) in [6.07, 6.45) is 1.65. The molecule has 0 amide bonds. The molecule has 0 fully saturated rings. The number of methoxy groups -OCH3 is 2. The van der Waals surface area contributed by atoms with Gasteiger partial charge >= 0.3 is 0 Å². The summed E-state index contributed by atoms with van der Waals surface area (Å²) in [4.78, 5) is 18.2. The Bertz CT molecular complexity index is 1340. The summed E-state index contributed by atoms with van der Waals surface area (Å²) in [5.41, 5.74) is 2.11. The van der Waals surface area contributed by atoms with Crippen molar-refractivity contribution in [2.45, 2.75) is 45.4 Å². The highest BCUT2D eigenvalue weighted by molar-refractivity contribution is 5.80. The van der Waals surface area contributed by atoms with Crippen molar-refractivity contribution in [3.63, 3.8) is 0 Å². The van der Waals surface area contributed by atoms with Gasteiger partial charge in [0.1, 0.15) is 11.6 Å². The van der Waals surface area contributed by atoms with Gasteiger partial charge in [0.2, 0.25) is 0 Å². The molecule has 4 aromatic rings. The molecule has 1 atom stereocenters. The standard InChI is InChI=1S/C26H31FN6O3/c1-4-5-24(25-29-30-31-33(25)12-13-35-2)32(16-18-6-8-21(27)9-7-18)17-20-14-19-15-22(36-3)10-11-23(19)28-26(20)34/h6-11,14-15,24H,4-5,12-13,16-17H2,1-3H3,(H,28,34)/t24-/m0/s1. The molecule has 0 bridgehead atoms. The van der Waals surface area contributed by atoms with Crippen LogP contribution in [0.5, 0.6) is 5.75 Å². The van der Waals surface area contributed by atoms with E-state index in [1.807, 2.05) is 24.3 Å². The number of halogens is 1. The van der Waals surface area contributed by atoms with Gasteiger partial charge in [-0.3, -0.25) is 9.69 Å². The zero-order valence-electron chi connectivity index (χ0n) is 20.8. The zero-order valence-corrected chi connectivity index (χ0v) is 20.8. The molecule has 0 radical (unpaired) electrons. The molecule has 9 nitrogen and oxygen atoms in total. The van der Waals surface area contributed by atoms with Gasteiger partial charge < -0.3 is 14.5 Å². The van der Waals surface area contributed by atoms with Crippen molar-refractivity contribution in [3.05, 3.63) is 81.7 Å². The summed E-state index contributed by atoms with van der Waals surface area (Å²) < 4.78 is 25.9. The van der Waals surface area contributed by atoms with E-state index in [0.29, 0.717) is 43.4 Å². The van der Waals surface area contributed by atoms with Gasteiger partial charge in [-0.2, -0.15) is 0 Å². The number of ether oxygens (including phenoxy) is 2. The van der Waals surface area contributed by atoms with E-state index < -0.39 is 0 Å². The zero-order chi connectivity index (χ0) is 25.5. The second kappa shape index (κ2) is 11.9. The molecule has 0 unspecified atom stereocenters. The number of nitrogens with zero attached hydrogens (tertiary/aromatic N) is 5. The van der Waals surface area contributed by atoms with Crippen LogP contribution in [0.25, 0.3) is 10.9 Å². The van der Waals surface area contributed by atoms with Crippen molar-refractivity contribution >= 4 is 10.9 Å². The number of rotatable bonds is 12. The molecule has 1 N–H and O–H groups in total. The molecule has 4 rings (SSSR count). The number of pyridine rings is 1. The van der Waals surface area contributed by atoms with Gasteiger partial charge in [0, 0.05) is 36.7 Å². The molecule has 0 spiro atoms. The Morgan fingerprint density at radius 3 is 2.64 bits per heavy atom. The Hall–Kier alpha value is -3.63. The van der Waals surface area contributed by atoms with Gasteiger partial charge in [0.25, 0.3) is 5.56 Å². The smallest absolute Gasteiger partial charge is 0.252 e. The second-order valence-corrected chi connectivity index (χ2v) is 8.67. The summed E-state index contributed by atoms with van der Waals surface area (Å²) >= 11 is 0. The van der Waals surface area contributed by atoms with Crippen LogP contribution in [0, 0.1) is 5.82 Å². The molecule has 0 aliphatic heterocycles. The molecule has 190 valence electrons. The normalized spacial score (nSPS) is 12.4. The molecule has 2 heterocycles. The van der Waals surface area contributed by atoms with Crippen molar-refractivity contribution < 1.29 is 13.9 Å². The van der Waals surface area contributed by atoms with Crippen LogP contribution in [0.4, 0.5) is 4.39 Å². The van der Waals surface area contributed by atoms with Gasteiger partial charge in [-0.05, 0) is 58.8 Å². The maximum atomic E-state index is 13.6. The number of tetrazole rings is 1. The van der Waals surface area contributed by atoms with Crippen LogP contribution in [0.3, 0.4) is 0 Å². The first kappa shape index (κ1) is 25.5. The van der Waals surface area contributed by atoms with Crippen LogP contribution in [-0.2, 0) is 24.4 Å². The fourth-order valence-electron chi connectivity index (χ4n) is 4.33. The number of H-pyrrole nitrogens is 1. The molecular weight excluding hydrogens is 463 g/mol. The Kier molecular flexibility index (Phi) is 8.40. The van der Waals surface area contributed by atoms with Gasteiger partial charge in [-0.1, -0.05) is 25.5 Å². The quantitative estimate of drug-likeness (QED) is 0.319. The van der Waals surface area contributed by atoms with Crippen LogP contribution in [0.1, 0.15) is 42.8 Å². The van der Waals surface area contributed by atoms with Crippen LogP contribution < -0.4 is 10.3 Å². The molecule has 10 heteroatoms. The third-order valence-corrected chi connectivity index (χ3v) is 6.17. The van der Waals surface area contributed by atoms with Crippen molar-refractivity contribution in [2.24, 2.45) is 0 Å².